The van der Waals surface area contributed by atoms with Crippen molar-refractivity contribution in [2.24, 2.45) is 23.7 Å². The highest BCUT2D eigenvalue weighted by Gasteiger charge is 2.42. The van der Waals surface area contributed by atoms with Crippen LogP contribution >= 0.6 is 0 Å². The summed E-state index contributed by atoms with van der Waals surface area (Å²) in [5.74, 6) is 7.81. The van der Waals surface area contributed by atoms with Crippen molar-refractivity contribution in [2.75, 3.05) is 27.3 Å². The summed E-state index contributed by atoms with van der Waals surface area (Å²) in [6, 6.07) is 5.94. The number of rotatable bonds is 9. The Morgan fingerprint density at radius 1 is 0.741 bits per heavy atom. The molecule has 4 amide bonds. The van der Waals surface area contributed by atoms with Gasteiger partial charge >= 0.3 is 12.2 Å². The first-order chi connectivity index (χ1) is 25.6. The van der Waals surface area contributed by atoms with Gasteiger partial charge in [0.15, 0.2) is 0 Å². The smallest absolute Gasteiger partial charge is 0.407 e. The number of hydrogen-bond donors (Lipinski definition) is 4. The summed E-state index contributed by atoms with van der Waals surface area (Å²) in [7, 11) is 2.57. The van der Waals surface area contributed by atoms with E-state index in [0.717, 1.165) is 41.1 Å². The second kappa shape index (κ2) is 16.8. The third-order valence-electron chi connectivity index (χ3n) is 10.3. The minimum atomic E-state index is -0.717. The summed E-state index contributed by atoms with van der Waals surface area (Å²) in [6.07, 6.45) is 0.222. The Labute approximate surface area is 317 Å². The number of aromatic amines is 2. The number of aromatic nitrogens is 4. The lowest BCUT2D eigenvalue weighted by Crippen LogP contribution is -2.51. The molecule has 0 aliphatic carbocycles. The first-order valence-corrected chi connectivity index (χ1v) is 18.7. The zero-order valence-electron chi connectivity index (χ0n) is 33.0. The lowest BCUT2D eigenvalue weighted by atomic mass is 10.0. The van der Waals surface area contributed by atoms with E-state index >= 15 is 0 Å². The molecule has 0 unspecified atom stereocenters. The molecule has 2 aliphatic rings. The molecule has 290 valence electrons. The summed E-state index contributed by atoms with van der Waals surface area (Å²) in [5.41, 5.74) is 4.85. The number of carbonyl (C=O) groups is 4. The zero-order chi connectivity index (χ0) is 39.4. The Hall–Kier alpha value is -5.32. The predicted octanol–water partition coefficient (Wildman–Crippen LogP) is 5.40. The molecular weight excluding hydrogens is 688 g/mol. The summed E-state index contributed by atoms with van der Waals surface area (Å²) in [6.45, 7) is 16.8. The molecule has 1 aromatic carbocycles. The van der Waals surface area contributed by atoms with Gasteiger partial charge in [0, 0.05) is 18.7 Å². The fraction of sp³-hybridized carbons (Fsp3) is 0.550. The van der Waals surface area contributed by atoms with Crippen LogP contribution in [0.2, 0.25) is 0 Å². The van der Waals surface area contributed by atoms with Crippen molar-refractivity contribution in [2.45, 2.75) is 92.4 Å². The second-order valence-electron chi connectivity index (χ2n) is 15.4. The fourth-order valence-corrected chi connectivity index (χ4v) is 7.39. The molecule has 0 bridgehead atoms. The topological polar surface area (TPSA) is 175 Å². The normalized spacial score (nSPS) is 20.7. The van der Waals surface area contributed by atoms with E-state index in [9.17, 15) is 19.2 Å². The third kappa shape index (κ3) is 8.72. The number of H-pyrrole nitrogens is 2. The molecule has 5 rings (SSSR count). The van der Waals surface area contributed by atoms with Crippen molar-refractivity contribution >= 4 is 24.0 Å². The first-order valence-electron chi connectivity index (χ1n) is 18.7. The number of nitrogens with zero attached hydrogens (tertiary/aromatic N) is 4. The molecule has 14 heteroatoms. The number of ether oxygens (including phenoxy) is 2. The number of likely N-dealkylation sites (tertiary alicyclic amines) is 2. The summed E-state index contributed by atoms with van der Waals surface area (Å²) in [4.78, 5) is 71.6. The maximum atomic E-state index is 13.7. The van der Waals surface area contributed by atoms with Crippen molar-refractivity contribution in [3.63, 3.8) is 0 Å². The molecule has 14 nitrogen and oxygen atoms in total. The Morgan fingerprint density at radius 3 is 1.67 bits per heavy atom. The molecule has 2 aromatic heterocycles. The average Bonchev–Trinajstić information content (AvgIpc) is 3.92. The molecule has 54 heavy (non-hydrogen) atoms. The Bertz CT molecular complexity index is 1900. The van der Waals surface area contributed by atoms with Crippen molar-refractivity contribution in [1.82, 2.24) is 40.4 Å². The van der Waals surface area contributed by atoms with E-state index in [-0.39, 0.29) is 47.6 Å². The lowest BCUT2D eigenvalue weighted by Gasteiger charge is -2.30. The van der Waals surface area contributed by atoms with Crippen molar-refractivity contribution < 1.29 is 28.7 Å². The predicted molar refractivity (Wildman–Crippen MR) is 203 cm³/mol. The van der Waals surface area contributed by atoms with E-state index in [4.69, 9.17) is 19.4 Å². The first kappa shape index (κ1) is 39.9. The van der Waals surface area contributed by atoms with Gasteiger partial charge in [-0.15, -0.1) is 0 Å². The quantitative estimate of drug-likeness (QED) is 0.211. The highest BCUT2D eigenvalue weighted by molar-refractivity contribution is 5.87. The van der Waals surface area contributed by atoms with Crippen LogP contribution in [0.25, 0.3) is 11.3 Å². The molecular formula is C40H54N8O6. The molecule has 4 N–H and O–H groups in total. The van der Waals surface area contributed by atoms with Gasteiger partial charge in [-0.05, 0) is 74.0 Å². The van der Waals surface area contributed by atoms with Crippen LogP contribution in [0, 0.1) is 49.4 Å². The van der Waals surface area contributed by atoms with Crippen LogP contribution in [-0.4, -0.2) is 93.1 Å². The van der Waals surface area contributed by atoms with E-state index in [1.165, 1.54) is 14.2 Å². The summed E-state index contributed by atoms with van der Waals surface area (Å²) in [5, 5.41) is 5.40. The summed E-state index contributed by atoms with van der Waals surface area (Å²) >= 11 is 0. The van der Waals surface area contributed by atoms with Crippen molar-refractivity contribution in [3.05, 3.63) is 58.6 Å². The lowest BCUT2D eigenvalue weighted by molar-refractivity contribution is -0.136. The minimum Gasteiger partial charge on any atom is -0.453 e. The second-order valence-corrected chi connectivity index (χ2v) is 15.4. The van der Waals surface area contributed by atoms with Crippen LogP contribution in [0.15, 0.2) is 24.3 Å². The number of alkyl carbamates (subject to hydrolysis) is 2. The van der Waals surface area contributed by atoms with Crippen LogP contribution in [0.5, 0.6) is 0 Å². The van der Waals surface area contributed by atoms with Crippen LogP contribution in [0.3, 0.4) is 0 Å². The van der Waals surface area contributed by atoms with Crippen LogP contribution in [0.1, 0.15) is 101 Å². The maximum absolute atomic E-state index is 13.7. The molecule has 0 radical (unpaired) electrons. The zero-order valence-corrected chi connectivity index (χ0v) is 33.0. The van der Waals surface area contributed by atoms with E-state index in [1.54, 1.807) is 4.90 Å². The van der Waals surface area contributed by atoms with E-state index < -0.39 is 24.3 Å². The summed E-state index contributed by atoms with van der Waals surface area (Å²) < 4.78 is 9.54. The van der Waals surface area contributed by atoms with Gasteiger partial charge in [0.1, 0.15) is 29.4 Å². The molecule has 2 fully saturated rings. The molecule has 0 saturated carbocycles. The van der Waals surface area contributed by atoms with Gasteiger partial charge in [-0.1, -0.05) is 59.6 Å². The van der Waals surface area contributed by atoms with Gasteiger partial charge in [0.25, 0.3) is 0 Å². The van der Waals surface area contributed by atoms with Gasteiger partial charge in [-0.25, -0.2) is 19.6 Å². The van der Waals surface area contributed by atoms with Gasteiger partial charge in [0.05, 0.1) is 43.4 Å². The number of amides is 4. The number of aryl methyl sites for hydroxylation is 2. The van der Waals surface area contributed by atoms with Crippen molar-refractivity contribution in [3.8, 4) is 23.1 Å². The van der Waals surface area contributed by atoms with Gasteiger partial charge in [-0.2, -0.15) is 0 Å². The Kier molecular flexibility index (Phi) is 12.4. The molecule has 2 saturated heterocycles. The molecule has 0 spiro atoms. The number of benzene rings is 1. The van der Waals surface area contributed by atoms with Crippen LogP contribution < -0.4 is 10.6 Å². The van der Waals surface area contributed by atoms with Crippen LogP contribution in [-0.2, 0) is 19.1 Å². The monoisotopic (exact) mass is 742 g/mol. The third-order valence-corrected chi connectivity index (χ3v) is 10.3. The molecule has 4 heterocycles. The number of carbonyl (C=O) groups excluding carboxylic acids is 4. The van der Waals surface area contributed by atoms with Gasteiger partial charge in [0.2, 0.25) is 11.8 Å². The van der Waals surface area contributed by atoms with Gasteiger partial charge < -0.3 is 39.9 Å². The minimum absolute atomic E-state index is 0.124. The Balaban J connectivity index is 1.31. The number of nitrogens with one attached hydrogen (secondary N) is 4. The largest absolute Gasteiger partial charge is 0.453 e. The highest BCUT2D eigenvalue weighted by atomic mass is 16.5. The standard InChI is InChI=1S/C40H54N8O6/c1-21(2)32(45-39(51)53-9)37(49)47-19-23(5)17-30(47)35-41-25(7)29(43-35)16-13-27-11-14-28(15-12-27)34-26(8)42-36(44-34)31-18-24(6)20-48(31)38(50)33(22(3)4)46-40(52)54-10/h11-12,14-15,21-24,30-33H,17-20H2,1-10H3,(H,41,43)(H,42,44)(H,45,51)(H,46,52)/t23-,24-,30-,31-,32-,33-/m0/s1. The molecule has 6 atom stereocenters. The van der Waals surface area contributed by atoms with Crippen molar-refractivity contribution in [1.29, 1.82) is 0 Å². The number of imidazole rings is 2. The van der Waals surface area contributed by atoms with Crippen LogP contribution in [0.4, 0.5) is 9.59 Å². The highest BCUT2D eigenvalue weighted by Crippen LogP contribution is 2.37. The fourth-order valence-electron chi connectivity index (χ4n) is 7.39. The SMILES string of the molecule is COC(=O)N[C@H](C(=O)N1C[C@@H](C)C[C@H]1c1nc(C)c(C#Cc2ccc(-c3[nH]c([C@@H]4C[C@H](C)CN4C(=O)[C@@H](NC(=O)OC)C(C)C)nc3C)cc2)[nH]1)C(C)C. The van der Waals surface area contributed by atoms with E-state index in [1.807, 2.05) is 70.7 Å². The average molecular weight is 743 g/mol. The van der Waals surface area contributed by atoms with E-state index in [0.29, 0.717) is 30.4 Å². The maximum Gasteiger partial charge on any atom is 0.407 e. The molecule has 2 aliphatic heterocycles. The number of methoxy groups -OCH3 is 2. The van der Waals surface area contributed by atoms with Gasteiger partial charge in [-0.3, -0.25) is 9.59 Å². The Morgan fingerprint density at radius 2 is 1.20 bits per heavy atom. The number of hydrogen-bond acceptors (Lipinski definition) is 8. The molecule has 3 aromatic rings. The van der Waals surface area contributed by atoms with E-state index in [2.05, 4.69) is 46.3 Å².